The van der Waals surface area contributed by atoms with Crippen LogP contribution in [0.3, 0.4) is 0 Å². The molecule has 35 heavy (non-hydrogen) atoms. The second-order valence-corrected chi connectivity index (χ2v) is 9.78. The van der Waals surface area contributed by atoms with Crippen LogP contribution in [0.1, 0.15) is 42.5 Å². The topological polar surface area (TPSA) is 75.4 Å². The largest absolute Gasteiger partial charge is 0.355 e. The molecule has 180 valence electrons. The molecule has 0 saturated carbocycles. The summed E-state index contributed by atoms with van der Waals surface area (Å²) in [5, 5.41) is 17.3. The number of halogens is 1. The van der Waals surface area contributed by atoms with Gasteiger partial charge in [0.1, 0.15) is 5.82 Å². The van der Waals surface area contributed by atoms with E-state index >= 15 is 0 Å². The van der Waals surface area contributed by atoms with E-state index in [1.165, 1.54) is 16.7 Å². The number of benzene rings is 2. The predicted octanol–water partition coefficient (Wildman–Crippen LogP) is 5.16. The molecule has 4 aromatic rings. The second-order valence-electron chi connectivity index (χ2n) is 9.34. The molecule has 1 amide bonds. The van der Waals surface area contributed by atoms with Gasteiger partial charge < -0.3 is 10.2 Å². The number of carbonyl (C=O) groups excluding carboxylic acids is 1. The lowest BCUT2D eigenvalue weighted by atomic mass is 9.94. The van der Waals surface area contributed by atoms with Gasteiger partial charge in [-0.1, -0.05) is 35.4 Å². The highest BCUT2D eigenvalue weighted by Crippen LogP contribution is 2.26. The number of aryl methyl sites for hydroxylation is 2. The molecule has 8 heteroatoms. The predicted molar refractivity (Wildman–Crippen MR) is 139 cm³/mol. The van der Waals surface area contributed by atoms with E-state index in [1.807, 2.05) is 36.4 Å². The van der Waals surface area contributed by atoms with Gasteiger partial charge in [-0.15, -0.1) is 15.3 Å². The van der Waals surface area contributed by atoms with Crippen molar-refractivity contribution in [2.24, 2.45) is 5.92 Å². The molecule has 2 aromatic heterocycles. The molecule has 1 aliphatic rings. The Morgan fingerprint density at radius 2 is 1.77 bits per heavy atom. The molecule has 2 aromatic carbocycles. The lowest BCUT2D eigenvalue weighted by Gasteiger charge is -2.32. The Kier molecular flexibility index (Phi) is 6.43. The van der Waals surface area contributed by atoms with Crippen molar-refractivity contribution >= 4 is 29.0 Å². The number of hydrogen-bond donors (Lipinski definition) is 1. The molecule has 1 atom stereocenters. The minimum atomic E-state index is -0.00904. The first-order chi connectivity index (χ1) is 16.9. The summed E-state index contributed by atoms with van der Waals surface area (Å²) in [6, 6.07) is 17.8. The third-order valence-electron chi connectivity index (χ3n) is 6.79. The van der Waals surface area contributed by atoms with E-state index in [4.69, 9.17) is 16.7 Å². The van der Waals surface area contributed by atoms with Crippen molar-refractivity contribution in [1.82, 2.24) is 25.1 Å². The average Bonchev–Trinajstić information content (AvgIpc) is 3.28. The van der Waals surface area contributed by atoms with E-state index < -0.39 is 0 Å². The molecule has 0 unspecified atom stereocenters. The van der Waals surface area contributed by atoms with Gasteiger partial charge in [0.25, 0.3) is 0 Å². The van der Waals surface area contributed by atoms with Gasteiger partial charge in [-0.2, -0.15) is 4.52 Å². The Labute approximate surface area is 210 Å². The minimum absolute atomic E-state index is 0.00252. The SMILES string of the molecule is Cc1ccc([C@H](C)NC(=O)C2CCN(c3ccc4nnc(-c5ccc(Cl)cc5)n4n3)CC2)c(C)c1. The normalized spacial score (nSPS) is 15.4. The first-order valence-electron chi connectivity index (χ1n) is 12.0. The number of fused-ring (bicyclic) bond motifs is 1. The van der Waals surface area contributed by atoms with Crippen LogP contribution >= 0.6 is 11.6 Å². The second kappa shape index (κ2) is 9.66. The summed E-state index contributed by atoms with van der Waals surface area (Å²) in [5.74, 6) is 1.66. The van der Waals surface area contributed by atoms with Crippen molar-refractivity contribution in [3.05, 3.63) is 76.3 Å². The zero-order chi connectivity index (χ0) is 24.5. The van der Waals surface area contributed by atoms with Crippen LogP contribution in [-0.4, -0.2) is 38.8 Å². The maximum Gasteiger partial charge on any atom is 0.223 e. The smallest absolute Gasteiger partial charge is 0.223 e. The number of hydrogen-bond acceptors (Lipinski definition) is 5. The van der Waals surface area contributed by atoms with Crippen LogP contribution in [0.15, 0.2) is 54.6 Å². The van der Waals surface area contributed by atoms with Crippen LogP contribution in [0.4, 0.5) is 5.82 Å². The molecule has 1 saturated heterocycles. The van der Waals surface area contributed by atoms with E-state index in [-0.39, 0.29) is 17.9 Å². The maximum absolute atomic E-state index is 13.0. The maximum atomic E-state index is 13.0. The zero-order valence-electron chi connectivity index (χ0n) is 20.2. The van der Waals surface area contributed by atoms with Crippen molar-refractivity contribution in [3.63, 3.8) is 0 Å². The zero-order valence-corrected chi connectivity index (χ0v) is 21.0. The molecule has 0 bridgehead atoms. The lowest BCUT2D eigenvalue weighted by molar-refractivity contribution is -0.126. The third-order valence-corrected chi connectivity index (χ3v) is 7.04. The Morgan fingerprint density at radius 3 is 2.49 bits per heavy atom. The van der Waals surface area contributed by atoms with Gasteiger partial charge in [-0.25, -0.2) is 0 Å². The number of rotatable bonds is 5. The Hall–Kier alpha value is -3.45. The third kappa shape index (κ3) is 4.86. The van der Waals surface area contributed by atoms with Crippen LogP contribution in [0.2, 0.25) is 5.02 Å². The lowest BCUT2D eigenvalue weighted by Crippen LogP contribution is -2.41. The van der Waals surface area contributed by atoms with Crippen molar-refractivity contribution < 1.29 is 4.79 Å². The van der Waals surface area contributed by atoms with Crippen LogP contribution in [0, 0.1) is 19.8 Å². The summed E-state index contributed by atoms with van der Waals surface area (Å²) in [5.41, 5.74) is 5.20. The molecule has 7 nitrogen and oxygen atoms in total. The number of aromatic nitrogens is 4. The van der Waals surface area contributed by atoms with Gasteiger partial charge in [0.2, 0.25) is 5.91 Å². The first-order valence-corrected chi connectivity index (χ1v) is 12.4. The molecular formula is C27H29ClN6O. The van der Waals surface area contributed by atoms with Crippen molar-refractivity contribution in [1.29, 1.82) is 0 Å². The molecule has 5 rings (SSSR count). The van der Waals surface area contributed by atoms with Gasteiger partial charge in [-0.3, -0.25) is 4.79 Å². The van der Waals surface area contributed by atoms with Crippen LogP contribution < -0.4 is 10.2 Å². The molecular weight excluding hydrogens is 460 g/mol. The van der Waals surface area contributed by atoms with E-state index in [0.29, 0.717) is 16.5 Å². The highest BCUT2D eigenvalue weighted by Gasteiger charge is 2.27. The van der Waals surface area contributed by atoms with Gasteiger partial charge in [0.15, 0.2) is 11.5 Å². The molecule has 1 N–H and O–H groups in total. The van der Waals surface area contributed by atoms with Crippen LogP contribution in [0.25, 0.3) is 17.0 Å². The average molecular weight is 489 g/mol. The number of nitrogens with one attached hydrogen (secondary N) is 1. The highest BCUT2D eigenvalue weighted by atomic mass is 35.5. The Balaban J connectivity index is 1.25. The fourth-order valence-electron chi connectivity index (χ4n) is 4.82. The first kappa shape index (κ1) is 23.3. The molecule has 3 heterocycles. The van der Waals surface area contributed by atoms with Gasteiger partial charge in [-0.05, 0) is 81.1 Å². The van der Waals surface area contributed by atoms with E-state index in [2.05, 4.69) is 59.4 Å². The number of piperidine rings is 1. The van der Waals surface area contributed by atoms with Gasteiger partial charge in [0.05, 0.1) is 6.04 Å². The van der Waals surface area contributed by atoms with E-state index in [0.717, 1.165) is 37.3 Å². The van der Waals surface area contributed by atoms with E-state index in [9.17, 15) is 4.79 Å². The highest BCUT2D eigenvalue weighted by molar-refractivity contribution is 6.30. The van der Waals surface area contributed by atoms with Crippen molar-refractivity contribution in [2.45, 2.75) is 39.7 Å². The summed E-state index contributed by atoms with van der Waals surface area (Å²) in [7, 11) is 0. The molecule has 0 aliphatic carbocycles. The summed E-state index contributed by atoms with van der Waals surface area (Å²) >= 11 is 6.03. The summed E-state index contributed by atoms with van der Waals surface area (Å²) in [4.78, 5) is 15.2. The molecule has 0 spiro atoms. The quantitative estimate of drug-likeness (QED) is 0.420. The van der Waals surface area contributed by atoms with E-state index in [1.54, 1.807) is 4.52 Å². The Morgan fingerprint density at radius 1 is 1.03 bits per heavy atom. The monoisotopic (exact) mass is 488 g/mol. The molecule has 0 radical (unpaired) electrons. The van der Waals surface area contributed by atoms with Gasteiger partial charge >= 0.3 is 0 Å². The molecule has 1 fully saturated rings. The van der Waals surface area contributed by atoms with Crippen molar-refractivity contribution in [3.8, 4) is 11.4 Å². The van der Waals surface area contributed by atoms with Crippen LogP contribution in [-0.2, 0) is 4.79 Å². The summed E-state index contributed by atoms with van der Waals surface area (Å²) in [6.07, 6.45) is 1.58. The number of carbonyl (C=O) groups is 1. The standard InChI is InChI=1S/C27H29ClN6O/c1-17-4-9-23(18(2)16-17)19(3)29-27(35)21-12-14-33(15-13-21)25-11-10-24-30-31-26(34(24)32-25)20-5-7-22(28)8-6-20/h4-11,16,19,21H,12-15H2,1-3H3,(H,29,35)/t19-/m0/s1. The van der Waals surface area contributed by atoms with Crippen molar-refractivity contribution in [2.75, 3.05) is 18.0 Å². The summed E-state index contributed by atoms with van der Waals surface area (Å²) < 4.78 is 1.77. The Bertz CT molecular complexity index is 1360. The molecule has 1 aliphatic heterocycles. The summed E-state index contributed by atoms with van der Waals surface area (Å²) in [6.45, 7) is 7.78. The number of anilines is 1. The fraction of sp³-hybridized carbons (Fsp3) is 0.333. The number of amides is 1. The van der Waals surface area contributed by atoms with Gasteiger partial charge in [0, 0.05) is 29.6 Å². The minimum Gasteiger partial charge on any atom is -0.355 e. The fourth-order valence-corrected chi connectivity index (χ4v) is 4.94. The van der Waals surface area contributed by atoms with Crippen LogP contribution in [0.5, 0.6) is 0 Å². The number of nitrogens with zero attached hydrogens (tertiary/aromatic N) is 5.